The summed E-state index contributed by atoms with van der Waals surface area (Å²) in [5.74, 6) is 0.675. The van der Waals surface area contributed by atoms with Crippen molar-refractivity contribution in [2.24, 2.45) is 0 Å². The molecule has 3 heteroatoms. The Morgan fingerprint density at radius 2 is 0.946 bits per heavy atom. The molecule has 0 saturated carbocycles. The molecule has 56 heavy (non-hydrogen) atoms. The molecular weight excluding hydrogens is 679 g/mol. The summed E-state index contributed by atoms with van der Waals surface area (Å²) in [5.41, 5.74) is 11.5. The third-order valence-electron chi connectivity index (χ3n) is 10.5. The first-order valence-electron chi connectivity index (χ1n) is 18.9. The van der Waals surface area contributed by atoms with Crippen molar-refractivity contribution in [2.45, 2.75) is 0 Å². The molecule has 0 N–H and O–H groups in total. The molecule has 0 aliphatic heterocycles. The number of nitrogens with zero attached hydrogens (tertiary/aromatic N) is 3. The maximum absolute atomic E-state index is 5.28. The zero-order chi connectivity index (χ0) is 37.3. The first kappa shape index (κ1) is 33.1. The van der Waals surface area contributed by atoms with Crippen LogP contribution in [0.25, 0.3) is 101 Å². The van der Waals surface area contributed by atoms with Crippen molar-refractivity contribution >= 4 is 44.5 Å². The minimum atomic E-state index is 0.675. The topological polar surface area (TPSA) is 38.7 Å². The molecular formula is C53H35N3. The van der Waals surface area contributed by atoms with E-state index >= 15 is 0 Å². The van der Waals surface area contributed by atoms with Crippen LogP contribution in [0.3, 0.4) is 0 Å². The second-order valence-corrected chi connectivity index (χ2v) is 14.1. The largest absolute Gasteiger partial charge is 0.256 e. The minimum Gasteiger partial charge on any atom is -0.256 e. The molecule has 8 aromatic carbocycles. The van der Waals surface area contributed by atoms with Crippen molar-refractivity contribution in [1.82, 2.24) is 15.0 Å². The van der Waals surface area contributed by atoms with Crippen molar-refractivity contribution in [1.29, 1.82) is 0 Å². The van der Waals surface area contributed by atoms with Crippen molar-refractivity contribution in [2.75, 3.05) is 0 Å². The Labute approximate surface area is 326 Å². The lowest BCUT2D eigenvalue weighted by Gasteiger charge is -2.13. The fourth-order valence-corrected chi connectivity index (χ4v) is 7.63. The highest BCUT2D eigenvalue weighted by molar-refractivity contribution is 6.13. The Hall–Kier alpha value is -7.49. The lowest BCUT2D eigenvalue weighted by molar-refractivity contribution is 1.18. The maximum atomic E-state index is 5.28. The third-order valence-corrected chi connectivity index (χ3v) is 10.5. The van der Waals surface area contributed by atoms with Crippen LogP contribution in [0.5, 0.6) is 0 Å². The Kier molecular flexibility index (Phi) is 8.51. The Morgan fingerprint density at radius 3 is 1.77 bits per heavy atom. The van der Waals surface area contributed by atoms with E-state index in [4.69, 9.17) is 15.0 Å². The number of benzene rings is 8. The van der Waals surface area contributed by atoms with Crippen LogP contribution in [0.2, 0.25) is 0 Å². The molecule has 3 nitrogen and oxygen atoms in total. The monoisotopic (exact) mass is 713 g/mol. The molecule has 0 spiro atoms. The highest BCUT2D eigenvalue weighted by Gasteiger charge is 2.15. The molecule has 10 rings (SSSR count). The van der Waals surface area contributed by atoms with Crippen molar-refractivity contribution in [3.05, 3.63) is 211 Å². The van der Waals surface area contributed by atoms with Gasteiger partial charge in [-0.1, -0.05) is 188 Å². The van der Waals surface area contributed by atoms with Crippen LogP contribution in [0.1, 0.15) is 11.1 Å². The molecule has 0 saturated heterocycles. The second kappa shape index (κ2) is 14.4. The Bertz CT molecular complexity index is 3060. The van der Waals surface area contributed by atoms with Gasteiger partial charge >= 0.3 is 0 Å². The van der Waals surface area contributed by atoms with Gasteiger partial charge in [-0.3, -0.25) is 4.98 Å². The van der Waals surface area contributed by atoms with Crippen LogP contribution in [0, 0.1) is 0 Å². The van der Waals surface area contributed by atoms with Gasteiger partial charge in [0.15, 0.2) is 5.82 Å². The van der Waals surface area contributed by atoms with E-state index in [9.17, 15) is 0 Å². The van der Waals surface area contributed by atoms with Crippen molar-refractivity contribution in [3.8, 4) is 56.3 Å². The van der Waals surface area contributed by atoms with E-state index in [2.05, 4.69) is 200 Å². The first-order chi connectivity index (χ1) is 27.7. The summed E-state index contributed by atoms with van der Waals surface area (Å²) in [7, 11) is 0. The number of pyridine rings is 1. The summed E-state index contributed by atoms with van der Waals surface area (Å²) in [6.45, 7) is 0. The highest BCUT2D eigenvalue weighted by atomic mass is 14.9. The van der Waals surface area contributed by atoms with E-state index in [1.165, 1.54) is 38.2 Å². The van der Waals surface area contributed by atoms with Gasteiger partial charge in [-0.15, -0.1) is 0 Å². The average molecular weight is 714 g/mol. The molecule has 2 heterocycles. The molecule has 0 aliphatic carbocycles. The first-order valence-corrected chi connectivity index (χ1v) is 18.9. The van der Waals surface area contributed by atoms with Crippen molar-refractivity contribution < 1.29 is 0 Å². The molecule has 0 aliphatic rings. The number of hydrogen-bond acceptors (Lipinski definition) is 3. The molecule has 262 valence electrons. The van der Waals surface area contributed by atoms with Crippen LogP contribution in [-0.4, -0.2) is 15.0 Å². The van der Waals surface area contributed by atoms with Gasteiger partial charge in [0.1, 0.15) is 0 Å². The molecule has 0 unspecified atom stereocenters. The van der Waals surface area contributed by atoms with Gasteiger partial charge in [-0.05, 0) is 67.4 Å². The fraction of sp³-hybridized carbons (Fsp3) is 0. The van der Waals surface area contributed by atoms with E-state index in [-0.39, 0.29) is 0 Å². The molecule has 0 radical (unpaired) electrons. The summed E-state index contributed by atoms with van der Waals surface area (Å²) in [6.07, 6.45) is 6.31. The summed E-state index contributed by atoms with van der Waals surface area (Å²) in [4.78, 5) is 15.2. The molecule has 2 aromatic heterocycles. The zero-order valence-electron chi connectivity index (χ0n) is 30.5. The van der Waals surface area contributed by atoms with Crippen LogP contribution < -0.4 is 0 Å². The van der Waals surface area contributed by atoms with E-state index in [1.54, 1.807) is 0 Å². The van der Waals surface area contributed by atoms with Gasteiger partial charge in [-0.25, -0.2) is 9.97 Å². The predicted octanol–water partition coefficient (Wildman–Crippen LogP) is 13.8. The lowest BCUT2D eigenvalue weighted by Crippen LogP contribution is -1.97. The summed E-state index contributed by atoms with van der Waals surface area (Å²) in [5, 5.41) is 7.08. The maximum Gasteiger partial charge on any atom is 0.160 e. The number of fused-ring (bicyclic) bond motifs is 4. The van der Waals surface area contributed by atoms with Gasteiger partial charge in [0.25, 0.3) is 0 Å². The molecule has 0 amide bonds. The van der Waals surface area contributed by atoms with E-state index in [0.29, 0.717) is 5.82 Å². The SMILES string of the molecule is C(=C\c1ccccc1-c1ccccc1)/c1ccc(-c2cc(-c3cc4ccccc4c4ccccc34)nc(-c3ccc(-c4cc5ccccc5cn4)cc3)n2)cc1. The van der Waals surface area contributed by atoms with Gasteiger partial charge in [-0.2, -0.15) is 0 Å². The van der Waals surface area contributed by atoms with E-state index < -0.39 is 0 Å². The number of hydrogen-bond donors (Lipinski definition) is 0. The van der Waals surface area contributed by atoms with Crippen LogP contribution in [0.15, 0.2) is 200 Å². The number of aromatic nitrogens is 3. The van der Waals surface area contributed by atoms with Crippen LogP contribution >= 0.6 is 0 Å². The van der Waals surface area contributed by atoms with Crippen LogP contribution in [-0.2, 0) is 0 Å². The van der Waals surface area contributed by atoms with Gasteiger partial charge in [0.05, 0.1) is 17.1 Å². The van der Waals surface area contributed by atoms with E-state index in [1.807, 2.05) is 12.3 Å². The van der Waals surface area contributed by atoms with Gasteiger partial charge in [0, 0.05) is 33.8 Å². The number of rotatable bonds is 7. The summed E-state index contributed by atoms with van der Waals surface area (Å²) >= 11 is 0. The smallest absolute Gasteiger partial charge is 0.160 e. The molecule has 10 aromatic rings. The average Bonchev–Trinajstić information content (AvgIpc) is 3.28. The molecule has 0 fully saturated rings. The van der Waals surface area contributed by atoms with Gasteiger partial charge < -0.3 is 0 Å². The zero-order valence-corrected chi connectivity index (χ0v) is 30.5. The van der Waals surface area contributed by atoms with Crippen LogP contribution in [0.4, 0.5) is 0 Å². The third kappa shape index (κ3) is 6.42. The molecule has 0 bridgehead atoms. The normalized spacial score (nSPS) is 11.5. The standard InChI is InChI=1S/C53H35N3/c1-2-12-37(13-3-1)45-18-8-6-14-38(45)25-22-36-23-26-40(27-24-36)51-34-52(49-32-43-16-7-9-19-46(43)47-20-10-11-21-48(47)49)56-53(55-51)41-30-28-39(29-31-41)50-33-42-15-4-5-17-44(42)35-54-50/h1-35H/b25-22+. The second-order valence-electron chi connectivity index (χ2n) is 14.1. The predicted molar refractivity (Wildman–Crippen MR) is 235 cm³/mol. The summed E-state index contributed by atoms with van der Waals surface area (Å²) < 4.78 is 0. The Morgan fingerprint density at radius 1 is 0.339 bits per heavy atom. The fourth-order valence-electron chi connectivity index (χ4n) is 7.63. The van der Waals surface area contributed by atoms with E-state index in [0.717, 1.165) is 55.7 Å². The minimum absolute atomic E-state index is 0.675. The van der Waals surface area contributed by atoms with Crippen molar-refractivity contribution in [3.63, 3.8) is 0 Å². The Balaban J connectivity index is 1.05. The highest BCUT2D eigenvalue weighted by Crippen LogP contribution is 2.37. The summed E-state index contributed by atoms with van der Waals surface area (Å²) in [6, 6.07) is 68.2. The van der Waals surface area contributed by atoms with Gasteiger partial charge in [0.2, 0.25) is 0 Å². The molecule has 0 atom stereocenters. The lowest BCUT2D eigenvalue weighted by atomic mass is 9.95. The quantitative estimate of drug-likeness (QED) is 0.122.